The van der Waals surface area contributed by atoms with Gasteiger partial charge in [0.1, 0.15) is 5.76 Å². The van der Waals surface area contributed by atoms with Crippen LogP contribution in [0.3, 0.4) is 0 Å². The van der Waals surface area contributed by atoms with Gasteiger partial charge in [0.05, 0.1) is 10.6 Å². The maximum atomic E-state index is 12.1. The highest BCUT2D eigenvalue weighted by Crippen LogP contribution is 2.32. The maximum Gasteiger partial charge on any atom is 0.264 e. The number of hydrogen-bond acceptors (Lipinski definition) is 5. The molecule has 0 bridgehead atoms. The molecule has 1 aliphatic heterocycles. The second-order valence-electron chi connectivity index (χ2n) is 5.39. The topological polar surface area (TPSA) is 54.6 Å². The monoisotopic (exact) mass is 378 g/mol. The summed E-state index contributed by atoms with van der Waals surface area (Å²) in [6.07, 6.45) is 1.74. The molecule has 0 spiro atoms. The summed E-state index contributed by atoms with van der Waals surface area (Å²) in [7, 11) is 0. The van der Waals surface area contributed by atoms with E-state index in [9.17, 15) is 4.79 Å². The molecule has 1 fully saturated rings. The minimum atomic E-state index is -0.168. The van der Waals surface area contributed by atoms with Crippen molar-refractivity contribution in [2.75, 3.05) is 0 Å². The average molecular weight is 378 g/mol. The number of aliphatic imine (C=N–C) groups is 1. The third-order valence-electron chi connectivity index (χ3n) is 3.47. The highest BCUT2D eigenvalue weighted by atomic mass is 32.2. The lowest BCUT2D eigenvalue weighted by Gasteiger charge is -1.96. The standard InChI is InChI=1S/C20H14N2O2S2/c23-19-17(26-20(22-19)21-14-7-3-1-4-8-14)13-15-11-12-18(24-15)25-16-9-5-2-6-10-16/h1-13H,(H,21,22,23)/b17-13-. The predicted octanol–water partition coefficient (Wildman–Crippen LogP) is 5.32. The van der Waals surface area contributed by atoms with Crippen LogP contribution in [0.4, 0.5) is 5.69 Å². The zero-order chi connectivity index (χ0) is 17.8. The fraction of sp³-hybridized carbons (Fsp3) is 0. The molecule has 26 heavy (non-hydrogen) atoms. The molecule has 4 nitrogen and oxygen atoms in total. The molecule has 3 aromatic rings. The molecule has 1 aromatic heterocycles. The zero-order valence-electron chi connectivity index (χ0n) is 13.6. The van der Waals surface area contributed by atoms with Gasteiger partial charge in [0.15, 0.2) is 10.3 Å². The van der Waals surface area contributed by atoms with E-state index in [0.29, 0.717) is 15.8 Å². The van der Waals surface area contributed by atoms with Gasteiger partial charge in [-0.15, -0.1) is 0 Å². The Balaban J connectivity index is 1.48. The summed E-state index contributed by atoms with van der Waals surface area (Å²) in [5.74, 6) is 0.473. The number of hydrogen-bond donors (Lipinski definition) is 1. The highest BCUT2D eigenvalue weighted by Gasteiger charge is 2.24. The largest absolute Gasteiger partial charge is 0.450 e. The van der Waals surface area contributed by atoms with Gasteiger partial charge in [0.2, 0.25) is 0 Å². The van der Waals surface area contributed by atoms with E-state index in [1.54, 1.807) is 17.8 Å². The molecule has 1 N–H and O–H groups in total. The van der Waals surface area contributed by atoms with Crippen molar-refractivity contribution in [1.82, 2.24) is 5.32 Å². The van der Waals surface area contributed by atoms with E-state index >= 15 is 0 Å². The number of para-hydroxylation sites is 1. The van der Waals surface area contributed by atoms with Crippen molar-refractivity contribution in [1.29, 1.82) is 0 Å². The van der Waals surface area contributed by atoms with Crippen LogP contribution in [0.5, 0.6) is 0 Å². The van der Waals surface area contributed by atoms with Crippen molar-refractivity contribution in [2.24, 2.45) is 4.99 Å². The van der Waals surface area contributed by atoms with Gasteiger partial charge in [-0.25, -0.2) is 4.99 Å². The minimum absolute atomic E-state index is 0.168. The fourth-order valence-corrected chi connectivity index (χ4v) is 3.92. The molecule has 0 saturated carbocycles. The van der Waals surface area contributed by atoms with Gasteiger partial charge >= 0.3 is 0 Å². The Morgan fingerprint density at radius 2 is 1.69 bits per heavy atom. The fourth-order valence-electron chi connectivity index (χ4n) is 2.30. The molecule has 128 valence electrons. The number of amides is 1. The van der Waals surface area contributed by atoms with Crippen LogP contribution in [0.25, 0.3) is 6.08 Å². The Hall–Kier alpha value is -2.70. The normalized spacial score (nSPS) is 17.0. The van der Waals surface area contributed by atoms with E-state index in [-0.39, 0.29) is 5.91 Å². The molecule has 0 unspecified atom stereocenters. The van der Waals surface area contributed by atoms with Crippen molar-refractivity contribution in [3.8, 4) is 0 Å². The third-order valence-corrected chi connectivity index (χ3v) is 5.31. The number of thioether (sulfide) groups is 1. The minimum Gasteiger partial charge on any atom is -0.450 e. The van der Waals surface area contributed by atoms with Crippen molar-refractivity contribution in [3.05, 3.63) is 83.5 Å². The van der Waals surface area contributed by atoms with Crippen LogP contribution < -0.4 is 5.32 Å². The number of carbonyl (C=O) groups is 1. The van der Waals surface area contributed by atoms with Gasteiger partial charge in [-0.2, -0.15) is 0 Å². The van der Waals surface area contributed by atoms with E-state index in [1.165, 1.54) is 11.8 Å². The Morgan fingerprint density at radius 1 is 0.962 bits per heavy atom. The van der Waals surface area contributed by atoms with E-state index < -0.39 is 0 Å². The van der Waals surface area contributed by atoms with Gasteiger partial charge in [0, 0.05) is 11.0 Å². The molecule has 0 aliphatic carbocycles. The molecule has 1 aliphatic rings. The third kappa shape index (κ3) is 4.09. The van der Waals surface area contributed by atoms with Crippen molar-refractivity contribution < 1.29 is 9.21 Å². The summed E-state index contributed by atoms with van der Waals surface area (Å²) >= 11 is 2.85. The molecular formula is C20H14N2O2S2. The van der Waals surface area contributed by atoms with E-state index in [0.717, 1.165) is 15.7 Å². The number of nitrogens with one attached hydrogen (secondary N) is 1. The molecule has 1 saturated heterocycles. The Bertz CT molecular complexity index is 979. The zero-order valence-corrected chi connectivity index (χ0v) is 15.2. The molecule has 2 aromatic carbocycles. The summed E-state index contributed by atoms with van der Waals surface area (Å²) < 4.78 is 5.80. The maximum absolute atomic E-state index is 12.1. The summed E-state index contributed by atoms with van der Waals surface area (Å²) in [5, 5.41) is 4.13. The van der Waals surface area contributed by atoms with E-state index in [4.69, 9.17) is 4.42 Å². The quantitative estimate of drug-likeness (QED) is 0.624. The first kappa shape index (κ1) is 16.8. The first-order valence-corrected chi connectivity index (χ1v) is 9.57. The number of carbonyl (C=O) groups excluding carboxylic acids is 1. The van der Waals surface area contributed by atoms with Crippen LogP contribution in [-0.2, 0) is 4.79 Å². The van der Waals surface area contributed by atoms with Gasteiger partial charge in [-0.3, -0.25) is 4.79 Å². The van der Waals surface area contributed by atoms with Crippen LogP contribution in [0.15, 0.2) is 97.1 Å². The van der Waals surface area contributed by atoms with Crippen molar-refractivity contribution in [3.63, 3.8) is 0 Å². The predicted molar refractivity (Wildman–Crippen MR) is 107 cm³/mol. The van der Waals surface area contributed by atoms with Crippen molar-refractivity contribution >= 4 is 46.4 Å². The molecular weight excluding hydrogens is 364 g/mol. The first-order valence-electron chi connectivity index (χ1n) is 7.94. The van der Waals surface area contributed by atoms with Gasteiger partial charge in [-0.1, -0.05) is 48.2 Å². The number of rotatable bonds is 4. The summed E-state index contributed by atoms with van der Waals surface area (Å²) in [6, 6.07) is 23.3. The number of furan rings is 1. The van der Waals surface area contributed by atoms with Crippen molar-refractivity contribution in [2.45, 2.75) is 9.99 Å². The summed E-state index contributed by atoms with van der Waals surface area (Å²) in [6.45, 7) is 0. The molecule has 0 radical (unpaired) electrons. The second-order valence-corrected chi connectivity index (χ2v) is 7.50. The molecule has 2 heterocycles. The molecule has 0 atom stereocenters. The highest BCUT2D eigenvalue weighted by molar-refractivity contribution is 8.18. The van der Waals surface area contributed by atoms with Crippen LogP contribution in [0.2, 0.25) is 0 Å². The SMILES string of the molecule is O=C1NC(=Nc2ccccc2)S/C1=C\c1ccc(Sc2ccccc2)o1. The molecule has 6 heteroatoms. The van der Waals surface area contributed by atoms with E-state index in [1.807, 2.05) is 72.8 Å². The van der Waals surface area contributed by atoms with Crippen LogP contribution in [0.1, 0.15) is 5.76 Å². The first-order chi connectivity index (χ1) is 12.8. The van der Waals surface area contributed by atoms with E-state index in [2.05, 4.69) is 10.3 Å². The average Bonchev–Trinajstić information content (AvgIpc) is 3.23. The van der Waals surface area contributed by atoms with Crippen LogP contribution in [0, 0.1) is 0 Å². The summed E-state index contributed by atoms with van der Waals surface area (Å²) in [5.41, 5.74) is 0.802. The molecule has 1 amide bonds. The lowest BCUT2D eigenvalue weighted by atomic mass is 10.3. The Kier molecular flexibility index (Phi) is 4.95. The van der Waals surface area contributed by atoms with Crippen LogP contribution >= 0.6 is 23.5 Å². The van der Waals surface area contributed by atoms with Gasteiger partial charge < -0.3 is 9.73 Å². The van der Waals surface area contributed by atoms with Gasteiger partial charge in [-0.05, 0) is 48.2 Å². The number of nitrogens with zero attached hydrogens (tertiary/aromatic N) is 1. The lowest BCUT2D eigenvalue weighted by molar-refractivity contribution is -0.115. The van der Waals surface area contributed by atoms with Gasteiger partial charge in [0.25, 0.3) is 5.91 Å². The summed E-state index contributed by atoms with van der Waals surface area (Å²) in [4.78, 5) is 18.2. The molecule has 4 rings (SSSR count). The Morgan fingerprint density at radius 3 is 2.46 bits per heavy atom. The van der Waals surface area contributed by atoms with Crippen LogP contribution in [-0.4, -0.2) is 11.1 Å². The smallest absolute Gasteiger partial charge is 0.264 e. The second kappa shape index (κ2) is 7.68. The number of amidine groups is 1. The number of benzene rings is 2. The lowest BCUT2D eigenvalue weighted by Crippen LogP contribution is -2.19. The Labute approximate surface area is 159 Å².